The topological polar surface area (TPSA) is 78.1 Å². The highest BCUT2D eigenvalue weighted by Gasteiger charge is 2.34. The number of sulfonamides is 1. The normalized spacial score (nSPS) is 20.9. The van der Waals surface area contributed by atoms with Gasteiger partial charge in [-0.1, -0.05) is 20.8 Å². The summed E-state index contributed by atoms with van der Waals surface area (Å²) in [6.45, 7) is 9.55. The molecule has 1 aliphatic heterocycles. The Labute approximate surface area is 121 Å². The molecule has 20 heavy (non-hydrogen) atoms. The fourth-order valence-electron chi connectivity index (χ4n) is 2.47. The molecule has 1 fully saturated rings. The van der Waals surface area contributed by atoms with Gasteiger partial charge in [0, 0.05) is 25.7 Å². The van der Waals surface area contributed by atoms with Crippen molar-refractivity contribution in [2.75, 3.05) is 13.1 Å². The molecule has 1 aromatic heterocycles. The quantitative estimate of drug-likeness (QED) is 0.858. The van der Waals surface area contributed by atoms with Crippen LogP contribution in [0, 0.1) is 12.8 Å². The number of hydrogen-bond acceptors (Lipinski definition) is 4. The van der Waals surface area contributed by atoms with Crippen LogP contribution in [0.4, 0.5) is 0 Å². The van der Waals surface area contributed by atoms with Gasteiger partial charge < -0.3 is 5.32 Å². The smallest absolute Gasteiger partial charge is 0.246 e. The van der Waals surface area contributed by atoms with Crippen molar-refractivity contribution >= 4 is 10.0 Å². The van der Waals surface area contributed by atoms with E-state index in [1.807, 2.05) is 13.8 Å². The lowest BCUT2D eigenvalue weighted by molar-refractivity contribution is 0.462. The summed E-state index contributed by atoms with van der Waals surface area (Å²) in [4.78, 5) is 0.347. The maximum Gasteiger partial charge on any atom is 0.246 e. The third-order valence-corrected chi connectivity index (χ3v) is 5.69. The zero-order valence-electron chi connectivity index (χ0n) is 12.6. The molecule has 7 heteroatoms. The van der Waals surface area contributed by atoms with Gasteiger partial charge in [-0.05, 0) is 19.3 Å². The van der Waals surface area contributed by atoms with Gasteiger partial charge in [-0.25, -0.2) is 8.42 Å². The number of aryl methyl sites for hydroxylation is 1. The van der Waals surface area contributed by atoms with Crippen LogP contribution >= 0.6 is 0 Å². The van der Waals surface area contributed by atoms with Gasteiger partial charge in [-0.15, -0.1) is 0 Å². The van der Waals surface area contributed by atoms with Gasteiger partial charge in [0.15, 0.2) is 0 Å². The lowest BCUT2D eigenvalue weighted by atomic mass is 10.2. The molecule has 2 N–H and O–H groups in total. The van der Waals surface area contributed by atoms with Gasteiger partial charge in [-0.3, -0.25) is 5.10 Å². The van der Waals surface area contributed by atoms with Crippen molar-refractivity contribution in [1.82, 2.24) is 19.8 Å². The lowest BCUT2D eigenvalue weighted by Crippen LogP contribution is -2.30. The highest BCUT2D eigenvalue weighted by atomic mass is 32.2. The zero-order chi connectivity index (χ0) is 14.9. The Balaban J connectivity index is 2.29. The Bertz CT molecular complexity index is 565. The molecule has 1 aromatic rings. The Kier molecular flexibility index (Phi) is 4.51. The summed E-state index contributed by atoms with van der Waals surface area (Å²) >= 11 is 0. The van der Waals surface area contributed by atoms with Crippen molar-refractivity contribution in [1.29, 1.82) is 0 Å². The van der Waals surface area contributed by atoms with Gasteiger partial charge in [0.1, 0.15) is 4.90 Å². The number of nitrogens with zero attached hydrogens (tertiary/aromatic N) is 2. The Morgan fingerprint density at radius 2 is 2.20 bits per heavy atom. The minimum atomic E-state index is -3.44. The predicted octanol–water partition coefficient (Wildman–Crippen LogP) is 1.25. The van der Waals surface area contributed by atoms with Gasteiger partial charge in [0.2, 0.25) is 10.0 Å². The van der Waals surface area contributed by atoms with E-state index in [9.17, 15) is 8.42 Å². The van der Waals surface area contributed by atoms with Crippen LogP contribution in [0.5, 0.6) is 0 Å². The van der Waals surface area contributed by atoms with E-state index in [0.717, 1.165) is 6.42 Å². The molecule has 1 atom stereocenters. The molecule has 1 saturated heterocycles. The van der Waals surface area contributed by atoms with Crippen LogP contribution in [-0.2, 0) is 16.6 Å². The van der Waals surface area contributed by atoms with Crippen LogP contribution in [0.1, 0.15) is 38.6 Å². The minimum Gasteiger partial charge on any atom is -0.309 e. The third-order valence-electron chi connectivity index (χ3n) is 3.62. The van der Waals surface area contributed by atoms with Crippen molar-refractivity contribution in [3.05, 3.63) is 11.4 Å². The van der Waals surface area contributed by atoms with E-state index < -0.39 is 10.0 Å². The number of nitrogens with one attached hydrogen (secondary N) is 2. The summed E-state index contributed by atoms with van der Waals surface area (Å²) in [5.41, 5.74) is 1.20. The second kappa shape index (κ2) is 5.83. The van der Waals surface area contributed by atoms with E-state index >= 15 is 0 Å². The minimum absolute atomic E-state index is 0.286. The number of rotatable bonds is 5. The number of H-pyrrole nitrogens is 1. The average molecular weight is 300 g/mol. The molecule has 0 bridgehead atoms. The highest BCUT2D eigenvalue weighted by Crippen LogP contribution is 2.27. The van der Waals surface area contributed by atoms with Crippen LogP contribution in [0.25, 0.3) is 0 Å². The summed E-state index contributed by atoms with van der Waals surface area (Å²) in [7, 11) is -3.44. The molecular weight excluding hydrogens is 276 g/mol. The number of aromatic amines is 1. The first-order chi connectivity index (χ1) is 9.32. The van der Waals surface area contributed by atoms with Crippen LogP contribution in [0.15, 0.2) is 4.90 Å². The van der Waals surface area contributed by atoms with E-state index in [1.165, 1.54) is 0 Å². The van der Waals surface area contributed by atoms with E-state index in [4.69, 9.17) is 0 Å². The Morgan fingerprint density at radius 3 is 2.75 bits per heavy atom. The Morgan fingerprint density at radius 1 is 1.50 bits per heavy atom. The van der Waals surface area contributed by atoms with Gasteiger partial charge in [-0.2, -0.15) is 9.40 Å². The summed E-state index contributed by atoms with van der Waals surface area (Å²) in [6, 6.07) is 0.286. The fraction of sp³-hybridized carbons (Fsp3) is 0.769. The zero-order valence-corrected chi connectivity index (χ0v) is 13.4. The molecule has 6 nitrogen and oxygen atoms in total. The largest absolute Gasteiger partial charge is 0.309 e. The molecular formula is C13H24N4O2S. The van der Waals surface area contributed by atoms with Crippen LogP contribution in [0.3, 0.4) is 0 Å². The average Bonchev–Trinajstić information content (AvgIpc) is 2.93. The molecule has 0 saturated carbocycles. The summed E-state index contributed by atoms with van der Waals surface area (Å²) in [5.74, 6) is 0.425. The predicted molar refractivity (Wildman–Crippen MR) is 77.8 cm³/mol. The maximum absolute atomic E-state index is 12.8. The van der Waals surface area contributed by atoms with Gasteiger partial charge in [0.25, 0.3) is 0 Å². The molecule has 2 heterocycles. The van der Waals surface area contributed by atoms with Crippen LogP contribution < -0.4 is 5.32 Å². The standard InChI is InChI=1S/C13H24N4O2S/c1-9(2)14-7-12-13(11(4)15-16-12)20(18,19)17-6-5-10(3)8-17/h9-10,14H,5-8H2,1-4H3,(H,15,16). The second-order valence-corrected chi connectivity index (χ2v) is 7.79. The monoisotopic (exact) mass is 300 g/mol. The first-order valence-electron chi connectivity index (χ1n) is 7.09. The number of aromatic nitrogens is 2. The second-order valence-electron chi connectivity index (χ2n) is 5.92. The summed E-state index contributed by atoms with van der Waals surface area (Å²) in [6.07, 6.45) is 0.926. The van der Waals surface area contributed by atoms with Crippen molar-refractivity contribution < 1.29 is 8.42 Å². The molecule has 0 amide bonds. The van der Waals surface area contributed by atoms with Crippen LogP contribution in [0.2, 0.25) is 0 Å². The summed E-state index contributed by atoms with van der Waals surface area (Å²) in [5, 5.41) is 10.2. The van der Waals surface area contributed by atoms with Crippen molar-refractivity contribution in [2.45, 2.75) is 51.6 Å². The molecule has 0 aliphatic carbocycles. The summed E-state index contributed by atoms with van der Waals surface area (Å²) < 4.78 is 27.1. The first kappa shape index (κ1) is 15.5. The molecule has 2 rings (SSSR count). The highest BCUT2D eigenvalue weighted by molar-refractivity contribution is 7.89. The lowest BCUT2D eigenvalue weighted by Gasteiger charge is -2.17. The third kappa shape index (κ3) is 3.05. The number of hydrogen-bond donors (Lipinski definition) is 2. The molecule has 0 spiro atoms. The van der Waals surface area contributed by atoms with E-state index in [0.29, 0.717) is 41.8 Å². The molecule has 1 unspecified atom stereocenters. The molecule has 114 valence electrons. The SMILES string of the molecule is Cc1[nH]nc(CNC(C)C)c1S(=O)(=O)N1CCC(C)C1. The van der Waals surface area contributed by atoms with Crippen LogP contribution in [-0.4, -0.2) is 42.1 Å². The molecule has 1 aliphatic rings. The van der Waals surface area contributed by atoms with Gasteiger partial charge in [0.05, 0.1) is 11.4 Å². The van der Waals surface area contributed by atoms with E-state index in [-0.39, 0.29) is 6.04 Å². The van der Waals surface area contributed by atoms with Gasteiger partial charge >= 0.3 is 0 Å². The molecule has 0 radical (unpaired) electrons. The first-order valence-corrected chi connectivity index (χ1v) is 8.53. The van der Waals surface area contributed by atoms with Crippen molar-refractivity contribution in [2.24, 2.45) is 5.92 Å². The van der Waals surface area contributed by atoms with E-state index in [1.54, 1.807) is 11.2 Å². The maximum atomic E-state index is 12.8. The Hall–Kier alpha value is -0.920. The van der Waals surface area contributed by atoms with Crippen molar-refractivity contribution in [3.8, 4) is 0 Å². The van der Waals surface area contributed by atoms with Crippen molar-refractivity contribution in [3.63, 3.8) is 0 Å². The molecule has 0 aromatic carbocycles. The fourth-order valence-corrected chi connectivity index (χ4v) is 4.38. The van der Waals surface area contributed by atoms with E-state index in [2.05, 4.69) is 22.4 Å².